The molecule has 0 spiro atoms. The first-order valence-corrected chi connectivity index (χ1v) is 4.75. The average Bonchev–Trinajstić information content (AvgIpc) is 2.73. The molecule has 0 aliphatic rings. The zero-order valence-corrected chi connectivity index (χ0v) is 8.71. The van der Waals surface area contributed by atoms with E-state index in [0.29, 0.717) is 23.1 Å². The smallest absolute Gasteiger partial charge is 0.253 e. The van der Waals surface area contributed by atoms with Crippen LogP contribution in [0.1, 0.15) is 22.1 Å². The molecule has 0 bridgehead atoms. The van der Waals surface area contributed by atoms with Crippen molar-refractivity contribution in [2.24, 2.45) is 0 Å². The van der Waals surface area contributed by atoms with Gasteiger partial charge in [0.05, 0.1) is 5.56 Å². The van der Waals surface area contributed by atoms with Gasteiger partial charge in [-0.05, 0) is 12.1 Å². The van der Waals surface area contributed by atoms with Crippen molar-refractivity contribution >= 4 is 6.29 Å². The number of benzene rings is 1. The van der Waals surface area contributed by atoms with Crippen molar-refractivity contribution in [2.75, 3.05) is 0 Å². The maximum atomic E-state index is 10.7. The highest BCUT2D eigenvalue weighted by atomic mass is 16.5. The summed E-state index contributed by atoms with van der Waals surface area (Å²) in [5, 5.41) is 7.46. The van der Waals surface area contributed by atoms with Gasteiger partial charge in [0.1, 0.15) is 5.75 Å². The Bertz CT molecular complexity index is 493. The number of ether oxygens (including phenoxy) is 1. The fourth-order valence-corrected chi connectivity index (χ4v) is 1.24. The molecule has 5 nitrogen and oxygen atoms in total. The molecular formula is C11H10N2O3. The molecule has 0 aliphatic carbocycles. The summed E-state index contributed by atoms with van der Waals surface area (Å²) in [6.07, 6.45) is 0.744. The van der Waals surface area contributed by atoms with Crippen molar-refractivity contribution in [2.45, 2.75) is 13.5 Å². The minimum Gasteiger partial charge on any atom is -0.483 e. The minimum atomic E-state index is 0.158. The van der Waals surface area contributed by atoms with Crippen molar-refractivity contribution in [1.82, 2.24) is 10.2 Å². The molecule has 0 amide bonds. The Morgan fingerprint density at radius 1 is 1.38 bits per heavy atom. The molecule has 0 radical (unpaired) electrons. The van der Waals surface area contributed by atoms with Gasteiger partial charge in [-0.2, -0.15) is 0 Å². The van der Waals surface area contributed by atoms with E-state index in [1.54, 1.807) is 31.2 Å². The topological polar surface area (TPSA) is 65.2 Å². The van der Waals surface area contributed by atoms with Gasteiger partial charge in [-0.3, -0.25) is 4.79 Å². The van der Waals surface area contributed by atoms with Crippen molar-refractivity contribution < 1.29 is 13.9 Å². The van der Waals surface area contributed by atoms with Gasteiger partial charge in [0.2, 0.25) is 5.89 Å². The minimum absolute atomic E-state index is 0.158. The lowest BCUT2D eigenvalue weighted by Crippen LogP contribution is -1.98. The number of aromatic nitrogens is 2. The largest absolute Gasteiger partial charge is 0.483 e. The second-order valence-electron chi connectivity index (χ2n) is 3.16. The summed E-state index contributed by atoms with van der Waals surface area (Å²) in [5.41, 5.74) is 0.499. The Hall–Kier alpha value is -2.17. The zero-order valence-electron chi connectivity index (χ0n) is 8.71. The number of carbonyl (C=O) groups excluding carboxylic acids is 1. The molecule has 2 aromatic rings. The summed E-state index contributed by atoms with van der Waals surface area (Å²) in [5.74, 6) is 1.38. The lowest BCUT2D eigenvalue weighted by Gasteiger charge is -2.04. The van der Waals surface area contributed by atoms with E-state index in [1.807, 2.05) is 0 Å². The van der Waals surface area contributed by atoms with Crippen LogP contribution in [0.4, 0.5) is 0 Å². The number of rotatable bonds is 4. The highest BCUT2D eigenvalue weighted by molar-refractivity contribution is 5.79. The lowest BCUT2D eigenvalue weighted by molar-refractivity contribution is 0.111. The number of hydrogen-bond acceptors (Lipinski definition) is 5. The molecule has 0 saturated carbocycles. The van der Waals surface area contributed by atoms with Crippen molar-refractivity contribution in [3.8, 4) is 5.75 Å². The summed E-state index contributed by atoms with van der Waals surface area (Å²) in [4.78, 5) is 10.7. The Balaban J connectivity index is 2.07. The van der Waals surface area contributed by atoms with Gasteiger partial charge in [-0.25, -0.2) is 0 Å². The first kappa shape index (κ1) is 10.4. The van der Waals surface area contributed by atoms with Crippen LogP contribution in [-0.2, 0) is 6.61 Å². The molecule has 1 aromatic carbocycles. The molecule has 5 heteroatoms. The van der Waals surface area contributed by atoms with E-state index in [0.717, 1.165) is 6.29 Å². The summed E-state index contributed by atoms with van der Waals surface area (Å²) in [7, 11) is 0. The van der Waals surface area contributed by atoms with E-state index < -0.39 is 0 Å². The van der Waals surface area contributed by atoms with Crippen LogP contribution in [0.5, 0.6) is 5.75 Å². The molecule has 0 N–H and O–H groups in total. The maximum Gasteiger partial charge on any atom is 0.253 e. The molecule has 0 atom stereocenters. The van der Waals surface area contributed by atoms with Gasteiger partial charge in [0.25, 0.3) is 5.89 Å². The Labute approximate surface area is 92.1 Å². The second kappa shape index (κ2) is 4.57. The van der Waals surface area contributed by atoms with Crippen LogP contribution < -0.4 is 4.74 Å². The summed E-state index contributed by atoms with van der Waals surface area (Å²) >= 11 is 0. The third kappa shape index (κ3) is 2.25. The number of aldehydes is 1. The molecule has 82 valence electrons. The normalized spacial score (nSPS) is 10.1. The summed E-state index contributed by atoms with van der Waals surface area (Å²) < 4.78 is 10.5. The maximum absolute atomic E-state index is 10.7. The molecule has 0 fully saturated rings. The average molecular weight is 218 g/mol. The fraction of sp³-hybridized carbons (Fsp3) is 0.182. The third-order valence-electron chi connectivity index (χ3n) is 1.97. The van der Waals surface area contributed by atoms with E-state index in [2.05, 4.69) is 10.2 Å². The van der Waals surface area contributed by atoms with Crippen molar-refractivity contribution in [1.29, 1.82) is 0 Å². The molecule has 1 aromatic heterocycles. The van der Waals surface area contributed by atoms with E-state index in [1.165, 1.54) is 0 Å². The quantitative estimate of drug-likeness (QED) is 0.731. The molecule has 0 saturated heterocycles. The van der Waals surface area contributed by atoms with Crippen LogP contribution in [0.3, 0.4) is 0 Å². The van der Waals surface area contributed by atoms with Crippen LogP contribution in [0.2, 0.25) is 0 Å². The lowest BCUT2D eigenvalue weighted by atomic mass is 10.2. The first-order valence-electron chi connectivity index (χ1n) is 4.75. The Kier molecular flexibility index (Phi) is 2.95. The number of carbonyl (C=O) groups is 1. The van der Waals surface area contributed by atoms with E-state index in [4.69, 9.17) is 9.15 Å². The highest BCUT2D eigenvalue weighted by Crippen LogP contribution is 2.16. The van der Waals surface area contributed by atoms with Crippen molar-refractivity contribution in [3.05, 3.63) is 41.6 Å². The predicted molar refractivity (Wildman–Crippen MR) is 55.2 cm³/mol. The molecular weight excluding hydrogens is 208 g/mol. The monoisotopic (exact) mass is 218 g/mol. The van der Waals surface area contributed by atoms with Crippen LogP contribution in [0.15, 0.2) is 28.7 Å². The number of aryl methyl sites for hydroxylation is 1. The van der Waals surface area contributed by atoms with E-state index >= 15 is 0 Å². The van der Waals surface area contributed by atoms with Crippen LogP contribution in [0, 0.1) is 6.92 Å². The molecule has 1 heterocycles. The Morgan fingerprint density at radius 3 is 2.88 bits per heavy atom. The summed E-state index contributed by atoms with van der Waals surface area (Å²) in [6.45, 7) is 1.86. The van der Waals surface area contributed by atoms with Gasteiger partial charge >= 0.3 is 0 Å². The van der Waals surface area contributed by atoms with Gasteiger partial charge < -0.3 is 9.15 Å². The second-order valence-corrected chi connectivity index (χ2v) is 3.16. The molecule has 16 heavy (non-hydrogen) atoms. The van der Waals surface area contributed by atoms with E-state index in [9.17, 15) is 4.79 Å². The zero-order chi connectivity index (χ0) is 11.4. The standard InChI is InChI=1S/C11H10N2O3/c1-8-12-13-11(16-8)7-15-10-5-3-2-4-9(10)6-14/h2-6H,7H2,1H3. The van der Waals surface area contributed by atoms with Gasteiger partial charge in [0.15, 0.2) is 12.9 Å². The van der Waals surface area contributed by atoms with Gasteiger partial charge in [-0.1, -0.05) is 12.1 Å². The van der Waals surface area contributed by atoms with E-state index in [-0.39, 0.29) is 6.61 Å². The number of hydrogen-bond donors (Lipinski definition) is 0. The molecule has 0 aliphatic heterocycles. The highest BCUT2D eigenvalue weighted by Gasteiger charge is 2.05. The van der Waals surface area contributed by atoms with Crippen LogP contribution >= 0.6 is 0 Å². The fourth-order valence-electron chi connectivity index (χ4n) is 1.24. The molecule has 0 unspecified atom stereocenters. The van der Waals surface area contributed by atoms with Gasteiger partial charge in [0, 0.05) is 6.92 Å². The number of para-hydroxylation sites is 1. The number of nitrogens with zero attached hydrogens (tertiary/aromatic N) is 2. The van der Waals surface area contributed by atoms with Crippen molar-refractivity contribution in [3.63, 3.8) is 0 Å². The predicted octanol–water partition coefficient (Wildman–Crippen LogP) is 1.77. The first-order chi connectivity index (χ1) is 7.79. The third-order valence-corrected chi connectivity index (χ3v) is 1.97. The van der Waals surface area contributed by atoms with Crippen LogP contribution in [-0.4, -0.2) is 16.5 Å². The Morgan fingerprint density at radius 2 is 2.19 bits per heavy atom. The van der Waals surface area contributed by atoms with Gasteiger partial charge in [-0.15, -0.1) is 10.2 Å². The summed E-state index contributed by atoms with van der Waals surface area (Å²) in [6, 6.07) is 6.96. The molecule has 2 rings (SSSR count). The van der Waals surface area contributed by atoms with Crippen LogP contribution in [0.25, 0.3) is 0 Å². The SMILES string of the molecule is Cc1nnc(COc2ccccc2C=O)o1.